The van der Waals surface area contributed by atoms with Gasteiger partial charge in [0, 0.05) is 6.04 Å². The standard InChI is InChI=1S/C37H72N4O5S.C3H6O3/c1-26(2)34(46-47(43,44)45)13-10-27(3)30-11-12-31-35-32(15-17-37(30,31)5)36(4)16-14-29(24-28(36)25-33(35)42)41-23-9-22-40-20-7-6-19-39-21-8-18-38;1-2(4)3(5)6/h26-35,39-42H,6-25,38H2,1-5H3,(H,43,44,45);2,4H,1H3,(H,5,6). The van der Waals surface area contributed by atoms with Crippen molar-refractivity contribution in [2.45, 2.75) is 156 Å². The second-order valence-electron chi connectivity index (χ2n) is 18.0. The van der Waals surface area contributed by atoms with Crippen molar-refractivity contribution in [2.75, 3.05) is 39.3 Å². The largest absolute Gasteiger partial charge is 0.479 e. The second-order valence-corrected chi connectivity index (χ2v) is 19.1. The van der Waals surface area contributed by atoms with Crippen molar-refractivity contribution >= 4 is 16.4 Å². The van der Waals surface area contributed by atoms with Crippen molar-refractivity contribution in [1.29, 1.82) is 0 Å². The fourth-order valence-electron chi connectivity index (χ4n) is 11.2. The van der Waals surface area contributed by atoms with Crippen molar-refractivity contribution in [3.8, 4) is 0 Å². The first-order valence-electron chi connectivity index (χ1n) is 21.0. The number of fused-ring (bicyclic) bond motifs is 5. The van der Waals surface area contributed by atoms with Crippen molar-refractivity contribution in [2.24, 2.45) is 58.0 Å². The zero-order valence-corrected chi connectivity index (χ0v) is 34.7. The molecule has 0 heterocycles. The number of hydrogen-bond acceptors (Lipinski definition) is 10. The van der Waals surface area contributed by atoms with E-state index in [0.29, 0.717) is 53.4 Å². The molecule has 4 rings (SSSR count). The Bertz CT molecular complexity index is 1190. The van der Waals surface area contributed by atoms with Crippen LogP contribution >= 0.6 is 0 Å². The summed E-state index contributed by atoms with van der Waals surface area (Å²) < 4.78 is 37.2. The molecule has 0 aromatic carbocycles. The molecule has 12 nitrogen and oxygen atoms in total. The van der Waals surface area contributed by atoms with Crippen molar-refractivity contribution in [3.05, 3.63) is 0 Å². The number of nitrogens with one attached hydrogen (secondary N) is 3. The van der Waals surface area contributed by atoms with E-state index < -0.39 is 28.6 Å². The van der Waals surface area contributed by atoms with Gasteiger partial charge >= 0.3 is 16.4 Å². The summed E-state index contributed by atoms with van der Waals surface area (Å²) in [5.41, 5.74) is 6.08. The van der Waals surface area contributed by atoms with Crippen LogP contribution in [0, 0.1) is 52.3 Å². The quantitative estimate of drug-likeness (QED) is 0.0575. The van der Waals surface area contributed by atoms with E-state index in [1.165, 1.54) is 64.7 Å². The Labute approximate surface area is 321 Å². The highest BCUT2D eigenvalue weighted by Crippen LogP contribution is 2.68. The molecule has 4 aliphatic carbocycles. The first-order valence-corrected chi connectivity index (χ1v) is 22.4. The summed E-state index contributed by atoms with van der Waals surface area (Å²) in [7, 11) is -4.46. The maximum Gasteiger partial charge on any atom is 0.397 e. The average Bonchev–Trinajstić information content (AvgIpc) is 3.44. The van der Waals surface area contributed by atoms with Crippen LogP contribution in [0.5, 0.6) is 0 Å². The normalized spacial score (nSPS) is 34.3. The van der Waals surface area contributed by atoms with E-state index in [1.54, 1.807) is 0 Å². The number of rotatable bonds is 21. The van der Waals surface area contributed by atoms with E-state index in [1.807, 2.05) is 13.8 Å². The molecular weight excluding hydrogens is 697 g/mol. The molecule has 4 fully saturated rings. The molecule has 12 atom stereocenters. The number of carboxylic acid groups (broad SMARTS) is 1. The molecule has 13 heteroatoms. The molecule has 4 saturated carbocycles. The highest BCUT2D eigenvalue weighted by molar-refractivity contribution is 7.80. The molecule has 0 aromatic heterocycles. The lowest BCUT2D eigenvalue weighted by atomic mass is 9.43. The summed E-state index contributed by atoms with van der Waals surface area (Å²) in [6, 6.07) is 0.571. The fraction of sp³-hybridized carbons (Fsp3) is 0.975. The van der Waals surface area contributed by atoms with Crippen LogP contribution in [-0.4, -0.2) is 97.9 Å². The van der Waals surface area contributed by atoms with Crippen LogP contribution in [-0.2, 0) is 19.4 Å². The van der Waals surface area contributed by atoms with Gasteiger partial charge in [0.1, 0.15) is 6.10 Å². The summed E-state index contributed by atoms with van der Waals surface area (Å²) in [6.07, 6.45) is 13.7. The van der Waals surface area contributed by atoms with Crippen molar-refractivity contribution in [1.82, 2.24) is 16.0 Å². The van der Waals surface area contributed by atoms with Crippen LogP contribution in [0.2, 0.25) is 0 Å². The molecule has 53 heavy (non-hydrogen) atoms. The Kier molecular flexibility index (Phi) is 18.9. The monoisotopic (exact) mass is 775 g/mol. The minimum absolute atomic E-state index is 0.0137. The third kappa shape index (κ3) is 13.3. The smallest absolute Gasteiger partial charge is 0.397 e. The average molecular weight is 775 g/mol. The summed E-state index contributed by atoms with van der Waals surface area (Å²) in [6.45, 7) is 18.6. The lowest BCUT2D eigenvalue weighted by molar-refractivity contribution is -0.167. The zero-order chi connectivity index (χ0) is 39.4. The zero-order valence-electron chi connectivity index (χ0n) is 33.9. The summed E-state index contributed by atoms with van der Waals surface area (Å²) >= 11 is 0. The number of carboxylic acids is 1. The van der Waals surface area contributed by atoms with Gasteiger partial charge in [0.15, 0.2) is 0 Å². The van der Waals surface area contributed by atoms with Gasteiger partial charge in [-0.25, -0.2) is 8.98 Å². The molecule has 9 N–H and O–H groups in total. The molecule has 0 spiro atoms. The van der Waals surface area contributed by atoms with Crippen LogP contribution in [0.1, 0.15) is 131 Å². The van der Waals surface area contributed by atoms with Gasteiger partial charge in [-0.05, 0) is 188 Å². The van der Waals surface area contributed by atoms with Crippen molar-refractivity contribution < 1.29 is 37.3 Å². The van der Waals surface area contributed by atoms with E-state index in [-0.39, 0.29) is 17.4 Å². The Balaban J connectivity index is 0.00000116. The van der Waals surface area contributed by atoms with Gasteiger partial charge in [-0.15, -0.1) is 0 Å². The molecule has 12 unspecified atom stereocenters. The predicted octanol–water partition coefficient (Wildman–Crippen LogP) is 4.98. The number of nitrogens with two attached hydrogens (primary N) is 1. The first-order chi connectivity index (χ1) is 24.9. The number of aliphatic hydroxyl groups is 2. The van der Waals surface area contributed by atoms with E-state index in [4.69, 9.17) is 20.1 Å². The molecule has 0 amide bonds. The molecule has 4 aliphatic rings. The maximum atomic E-state index is 11.8. The highest BCUT2D eigenvalue weighted by atomic mass is 32.3. The molecule has 0 aliphatic heterocycles. The third-order valence-electron chi connectivity index (χ3n) is 14.2. The molecule has 0 bridgehead atoms. The van der Waals surface area contributed by atoms with E-state index in [2.05, 4.69) is 36.7 Å². The van der Waals surface area contributed by atoms with Crippen LogP contribution in [0.3, 0.4) is 0 Å². The predicted molar refractivity (Wildman–Crippen MR) is 211 cm³/mol. The molecule has 0 saturated heterocycles. The second kappa shape index (κ2) is 21.6. The van der Waals surface area contributed by atoms with Gasteiger partial charge in [-0.3, -0.25) is 4.55 Å². The van der Waals surface area contributed by atoms with Gasteiger partial charge in [-0.1, -0.05) is 34.6 Å². The molecule has 0 radical (unpaired) electrons. The molecule has 312 valence electrons. The Hall–Kier alpha value is -0.900. The summed E-state index contributed by atoms with van der Waals surface area (Å²) in [4.78, 5) is 9.45. The summed E-state index contributed by atoms with van der Waals surface area (Å²) in [5, 5.41) is 38.6. The SMILES string of the molecule is CC(C)C(CCC(C)C1CCC2C3C(O)CC4CC(NCCCNCCCCNCCCN)CCC4(C)C3CCC12C)OS(=O)(=O)O.CC(O)C(=O)O. The van der Waals surface area contributed by atoms with Crippen LogP contribution in [0.15, 0.2) is 0 Å². The number of unbranched alkanes of at least 4 members (excludes halogenated alkanes) is 1. The number of aliphatic carboxylic acids is 1. The van der Waals surface area contributed by atoms with Gasteiger partial charge in [0.25, 0.3) is 0 Å². The number of hydrogen-bond donors (Lipinski definition) is 8. The van der Waals surface area contributed by atoms with Crippen LogP contribution < -0.4 is 21.7 Å². The maximum absolute atomic E-state index is 11.8. The third-order valence-corrected chi connectivity index (χ3v) is 14.7. The highest BCUT2D eigenvalue weighted by Gasteiger charge is 2.62. The fourth-order valence-corrected chi connectivity index (χ4v) is 11.8. The first kappa shape index (κ1) is 46.5. The number of aliphatic hydroxyl groups excluding tert-OH is 2. The van der Waals surface area contributed by atoms with Crippen LogP contribution in [0.4, 0.5) is 0 Å². The van der Waals surface area contributed by atoms with Gasteiger partial charge in [0.2, 0.25) is 0 Å². The molecular formula is C40H78N4O8S. The summed E-state index contributed by atoms with van der Waals surface area (Å²) in [5.74, 6) is 2.01. The Morgan fingerprint density at radius 1 is 0.849 bits per heavy atom. The topological polar surface area (TPSA) is 203 Å². The van der Waals surface area contributed by atoms with E-state index in [0.717, 1.165) is 65.0 Å². The van der Waals surface area contributed by atoms with Gasteiger partial charge < -0.3 is 37.0 Å². The molecule has 0 aromatic rings. The minimum Gasteiger partial charge on any atom is -0.479 e. The lowest BCUT2D eigenvalue weighted by Gasteiger charge is -2.62. The van der Waals surface area contributed by atoms with Crippen LogP contribution in [0.25, 0.3) is 0 Å². The lowest BCUT2D eigenvalue weighted by Crippen LogP contribution is -2.59. The Morgan fingerprint density at radius 3 is 2.02 bits per heavy atom. The Morgan fingerprint density at radius 2 is 1.43 bits per heavy atom. The van der Waals surface area contributed by atoms with Gasteiger partial charge in [0.05, 0.1) is 12.2 Å². The van der Waals surface area contributed by atoms with E-state index >= 15 is 0 Å². The van der Waals surface area contributed by atoms with E-state index in [9.17, 15) is 22.9 Å². The van der Waals surface area contributed by atoms with Gasteiger partial charge in [-0.2, -0.15) is 8.42 Å². The van der Waals surface area contributed by atoms with Crippen molar-refractivity contribution in [3.63, 3.8) is 0 Å². The minimum atomic E-state index is -4.46. The number of carbonyl (C=O) groups is 1.